The zero-order valence-corrected chi connectivity index (χ0v) is 11.3. The number of sulfonamides is 1. The molecule has 0 bridgehead atoms. The molecule has 0 heterocycles. The predicted octanol–water partition coefficient (Wildman–Crippen LogP) is -0.203. The lowest BCUT2D eigenvalue weighted by Gasteiger charge is -2.07. The fourth-order valence-corrected chi connectivity index (χ4v) is 2.95. The molecular weight excluding hydrogens is 274 g/mol. The highest BCUT2D eigenvalue weighted by molar-refractivity contribution is 7.89. The average Bonchev–Trinajstić information content (AvgIpc) is 2.27. The number of nitrogens with one attached hydrogen (secondary N) is 1. The summed E-state index contributed by atoms with van der Waals surface area (Å²) in [6.45, 7) is 0.0562. The molecule has 0 saturated carbocycles. The van der Waals surface area contributed by atoms with Crippen LogP contribution in [0.1, 0.15) is 5.56 Å². The number of anilines is 1. The van der Waals surface area contributed by atoms with Crippen LogP contribution in [-0.4, -0.2) is 31.2 Å². The van der Waals surface area contributed by atoms with E-state index in [0.29, 0.717) is 5.69 Å². The van der Waals surface area contributed by atoms with Gasteiger partial charge < -0.3 is 5.73 Å². The molecule has 0 aromatic heterocycles. The van der Waals surface area contributed by atoms with Gasteiger partial charge in [0, 0.05) is 35.0 Å². The van der Waals surface area contributed by atoms with Crippen LogP contribution in [0.4, 0.5) is 5.69 Å². The molecule has 0 aliphatic heterocycles. The number of nitriles is 1. The van der Waals surface area contributed by atoms with Crippen molar-refractivity contribution < 1.29 is 12.6 Å². The van der Waals surface area contributed by atoms with E-state index in [9.17, 15) is 12.6 Å². The van der Waals surface area contributed by atoms with Gasteiger partial charge >= 0.3 is 0 Å². The first-order valence-electron chi connectivity index (χ1n) is 4.96. The molecule has 0 radical (unpaired) electrons. The van der Waals surface area contributed by atoms with Gasteiger partial charge in [-0.25, -0.2) is 13.1 Å². The van der Waals surface area contributed by atoms with Gasteiger partial charge in [-0.3, -0.25) is 4.21 Å². The number of nitrogen functional groups attached to an aromatic ring is 1. The third kappa shape index (κ3) is 3.80. The predicted molar refractivity (Wildman–Crippen MR) is 69.7 cm³/mol. The minimum absolute atomic E-state index is 0.0138. The van der Waals surface area contributed by atoms with E-state index in [1.807, 2.05) is 0 Å². The monoisotopic (exact) mass is 287 g/mol. The molecule has 98 valence electrons. The van der Waals surface area contributed by atoms with Gasteiger partial charge in [0.15, 0.2) is 0 Å². The Morgan fingerprint density at radius 1 is 1.50 bits per heavy atom. The third-order valence-corrected chi connectivity index (χ3v) is 4.39. The number of nitrogens with two attached hydrogens (primary N) is 1. The lowest BCUT2D eigenvalue weighted by Crippen LogP contribution is -2.28. The summed E-state index contributed by atoms with van der Waals surface area (Å²) >= 11 is 0. The van der Waals surface area contributed by atoms with Crippen LogP contribution in [-0.2, 0) is 20.8 Å². The van der Waals surface area contributed by atoms with Gasteiger partial charge in [-0.05, 0) is 18.2 Å². The Kier molecular flexibility index (Phi) is 4.84. The first-order valence-corrected chi connectivity index (χ1v) is 8.17. The molecule has 0 amide bonds. The number of hydrogen-bond donors (Lipinski definition) is 2. The van der Waals surface area contributed by atoms with Crippen molar-refractivity contribution in [3.8, 4) is 6.07 Å². The summed E-state index contributed by atoms with van der Waals surface area (Å²) in [4.78, 5) is -0.124. The zero-order chi connectivity index (χ0) is 13.8. The second-order valence-corrected chi connectivity index (χ2v) is 6.83. The minimum atomic E-state index is -3.78. The Balaban J connectivity index is 2.99. The molecule has 6 nitrogen and oxygen atoms in total. The Morgan fingerprint density at radius 3 is 2.72 bits per heavy atom. The molecule has 0 spiro atoms. The van der Waals surface area contributed by atoms with Crippen LogP contribution in [0, 0.1) is 11.3 Å². The Bertz CT molecular complexity index is 605. The van der Waals surface area contributed by atoms with Crippen LogP contribution in [0.5, 0.6) is 0 Å². The average molecular weight is 287 g/mol. The van der Waals surface area contributed by atoms with E-state index < -0.39 is 20.8 Å². The maximum atomic E-state index is 11.9. The van der Waals surface area contributed by atoms with Gasteiger partial charge in [-0.15, -0.1) is 0 Å². The SMILES string of the molecule is CS(=O)CCNS(=O)(=O)c1ccc(N)cc1C#N. The summed E-state index contributed by atoms with van der Waals surface area (Å²) in [6, 6.07) is 5.77. The molecule has 0 fully saturated rings. The van der Waals surface area contributed by atoms with Crippen molar-refractivity contribution in [2.24, 2.45) is 0 Å². The van der Waals surface area contributed by atoms with Crippen molar-refractivity contribution in [1.29, 1.82) is 5.26 Å². The van der Waals surface area contributed by atoms with Crippen LogP contribution in [0.25, 0.3) is 0 Å². The highest BCUT2D eigenvalue weighted by atomic mass is 32.2. The van der Waals surface area contributed by atoms with Crippen LogP contribution in [0.3, 0.4) is 0 Å². The van der Waals surface area contributed by atoms with E-state index in [2.05, 4.69) is 4.72 Å². The van der Waals surface area contributed by atoms with Crippen molar-refractivity contribution >= 4 is 26.5 Å². The fraction of sp³-hybridized carbons (Fsp3) is 0.300. The van der Waals surface area contributed by atoms with Crippen LogP contribution >= 0.6 is 0 Å². The molecule has 1 aromatic rings. The summed E-state index contributed by atoms with van der Waals surface area (Å²) in [5.41, 5.74) is 5.79. The van der Waals surface area contributed by atoms with Gasteiger partial charge in [0.05, 0.1) is 10.5 Å². The molecule has 1 unspecified atom stereocenters. The second kappa shape index (κ2) is 5.95. The van der Waals surface area contributed by atoms with Crippen LogP contribution < -0.4 is 10.5 Å². The van der Waals surface area contributed by atoms with Crippen LogP contribution in [0.2, 0.25) is 0 Å². The molecule has 0 saturated heterocycles. The first kappa shape index (κ1) is 14.6. The van der Waals surface area contributed by atoms with Gasteiger partial charge in [0.2, 0.25) is 10.0 Å². The smallest absolute Gasteiger partial charge is 0.241 e. The number of rotatable bonds is 5. The third-order valence-electron chi connectivity index (χ3n) is 2.10. The van der Waals surface area contributed by atoms with Crippen molar-refractivity contribution in [3.63, 3.8) is 0 Å². The van der Waals surface area contributed by atoms with E-state index >= 15 is 0 Å². The topological polar surface area (TPSA) is 113 Å². The van der Waals surface area contributed by atoms with Crippen LogP contribution in [0.15, 0.2) is 23.1 Å². The maximum Gasteiger partial charge on any atom is 0.241 e. The highest BCUT2D eigenvalue weighted by Gasteiger charge is 2.18. The largest absolute Gasteiger partial charge is 0.399 e. The first-order chi connectivity index (χ1) is 8.36. The fourth-order valence-electron chi connectivity index (χ4n) is 1.27. The Hall–Kier alpha value is -1.43. The molecule has 8 heteroatoms. The Labute approximate surface area is 108 Å². The summed E-state index contributed by atoms with van der Waals surface area (Å²) in [7, 11) is -4.86. The molecule has 0 aliphatic rings. The quantitative estimate of drug-likeness (QED) is 0.728. The summed E-state index contributed by atoms with van der Waals surface area (Å²) in [5.74, 6) is 0.218. The molecule has 1 rings (SSSR count). The lowest BCUT2D eigenvalue weighted by atomic mass is 10.2. The van der Waals surface area contributed by atoms with Crippen molar-refractivity contribution in [1.82, 2.24) is 4.72 Å². The van der Waals surface area contributed by atoms with E-state index in [4.69, 9.17) is 11.0 Å². The van der Waals surface area contributed by atoms with Gasteiger partial charge in [-0.1, -0.05) is 0 Å². The standard InChI is InChI=1S/C10H13N3O3S2/c1-17(14)5-4-13-18(15,16)10-3-2-9(12)6-8(10)7-11/h2-3,6,13H,4-5,12H2,1H3. The number of benzene rings is 1. The van der Waals surface area contributed by atoms with Crippen molar-refractivity contribution in [2.45, 2.75) is 4.90 Å². The normalized spacial score (nSPS) is 12.9. The van der Waals surface area contributed by atoms with E-state index in [-0.39, 0.29) is 22.8 Å². The lowest BCUT2D eigenvalue weighted by molar-refractivity contribution is 0.584. The molecule has 0 aliphatic carbocycles. The number of nitrogens with zero attached hydrogens (tertiary/aromatic N) is 1. The van der Waals surface area contributed by atoms with E-state index in [1.54, 1.807) is 6.07 Å². The molecule has 1 atom stereocenters. The molecular formula is C10H13N3O3S2. The maximum absolute atomic E-state index is 11.9. The summed E-state index contributed by atoms with van der Waals surface area (Å²) in [6.07, 6.45) is 1.48. The van der Waals surface area contributed by atoms with Crippen molar-refractivity contribution in [2.75, 3.05) is 24.3 Å². The Morgan fingerprint density at radius 2 is 2.17 bits per heavy atom. The van der Waals surface area contributed by atoms with Crippen molar-refractivity contribution in [3.05, 3.63) is 23.8 Å². The molecule has 3 N–H and O–H groups in total. The highest BCUT2D eigenvalue weighted by Crippen LogP contribution is 2.17. The molecule has 18 heavy (non-hydrogen) atoms. The second-order valence-electron chi connectivity index (χ2n) is 3.54. The van der Waals surface area contributed by atoms with Gasteiger partial charge in [-0.2, -0.15) is 5.26 Å². The van der Waals surface area contributed by atoms with E-state index in [0.717, 1.165) is 0 Å². The summed E-state index contributed by atoms with van der Waals surface area (Å²) in [5, 5.41) is 8.87. The van der Waals surface area contributed by atoms with Gasteiger partial charge in [0.25, 0.3) is 0 Å². The van der Waals surface area contributed by atoms with Gasteiger partial charge in [0.1, 0.15) is 6.07 Å². The zero-order valence-electron chi connectivity index (χ0n) is 9.71. The molecule has 1 aromatic carbocycles. The minimum Gasteiger partial charge on any atom is -0.399 e. The summed E-state index contributed by atoms with van der Waals surface area (Å²) < 4.78 is 36.9. The van der Waals surface area contributed by atoms with E-state index in [1.165, 1.54) is 24.5 Å². The number of hydrogen-bond acceptors (Lipinski definition) is 5.